The van der Waals surface area contributed by atoms with Gasteiger partial charge < -0.3 is 24.4 Å². The largest absolute Gasteiger partial charge is 0.382 e. The van der Waals surface area contributed by atoms with Crippen LogP contribution in [0.1, 0.15) is 34.1 Å². The Balaban J connectivity index is 0.00000576. The van der Waals surface area contributed by atoms with E-state index in [1.165, 1.54) is 0 Å². The summed E-state index contributed by atoms with van der Waals surface area (Å²) < 4.78 is 16.3. The zero-order valence-corrected chi connectivity index (χ0v) is 19.2. The van der Waals surface area contributed by atoms with Gasteiger partial charge in [0.15, 0.2) is 5.96 Å². The molecule has 0 saturated carbocycles. The molecule has 0 aromatic heterocycles. The molecule has 0 aliphatic carbocycles. The molecule has 0 bridgehead atoms. The number of ether oxygens (including phenoxy) is 3. The van der Waals surface area contributed by atoms with Crippen LogP contribution in [0.25, 0.3) is 0 Å². The summed E-state index contributed by atoms with van der Waals surface area (Å²) in [6, 6.07) is 0. The second-order valence-corrected chi connectivity index (χ2v) is 7.45. The molecule has 1 N–H and O–H groups in total. The molecule has 2 atom stereocenters. The van der Waals surface area contributed by atoms with Crippen LogP contribution in [0.15, 0.2) is 4.99 Å². The van der Waals surface area contributed by atoms with E-state index in [2.05, 4.69) is 37.9 Å². The lowest BCUT2D eigenvalue weighted by Crippen LogP contribution is -2.41. The van der Waals surface area contributed by atoms with Crippen LogP contribution in [0.4, 0.5) is 0 Å². The molecule has 1 saturated heterocycles. The number of rotatable bonds is 9. The molecule has 1 rings (SSSR count). The minimum atomic E-state index is 0. The van der Waals surface area contributed by atoms with Crippen molar-refractivity contribution in [3.63, 3.8) is 0 Å². The fraction of sp³-hybridized carbons (Fsp3) is 0.944. The first-order valence-corrected chi connectivity index (χ1v) is 9.05. The van der Waals surface area contributed by atoms with E-state index in [9.17, 15) is 0 Å². The SMILES string of the molecule is CCNC(=NCC(OC)C(C)(C)C)N1CCC(COCCOC)C1.I. The van der Waals surface area contributed by atoms with Crippen molar-refractivity contribution in [2.24, 2.45) is 16.3 Å². The zero-order chi connectivity index (χ0) is 18.0. The average molecular weight is 471 g/mol. The Morgan fingerprint density at radius 1 is 1.28 bits per heavy atom. The fourth-order valence-electron chi connectivity index (χ4n) is 2.85. The summed E-state index contributed by atoms with van der Waals surface area (Å²) in [5.41, 5.74) is 0.0817. The molecular weight excluding hydrogens is 433 g/mol. The fourth-order valence-corrected chi connectivity index (χ4v) is 2.85. The summed E-state index contributed by atoms with van der Waals surface area (Å²) >= 11 is 0. The van der Waals surface area contributed by atoms with E-state index in [4.69, 9.17) is 19.2 Å². The van der Waals surface area contributed by atoms with E-state index in [0.717, 1.165) is 38.6 Å². The molecule has 150 valence electrons. The molecule has 0 aromatic carbocycles. The molecule has 6 nitrogen and oxygen atoms in total. The van der Waals surface area contributed by atoms with Crippen molar-refractivity contribution in [3.05, 3.63) is 0 Å². The van der Waals surface area contributed by atoms with Crippen molar-refractivity contribution in [2.45, 2.75) is 40.2 Å². The van der Waals surface area contributed by atoms with Gasteiger partial charge in [-0.25, -0.2) is 0 Å². The Labute approximate surface area is 171 Å². The standard InChI is InChI=1S/C18H37N3O3.HI/c1-7-19-17(20-12-16(23-6)18(2,3)4)21-9-8-15(13-21)14-24-11-10-22-5;/h15-16H,7-14H2,1-6H3,(H,19,20);1H. The molecule has 0 amide bonds. The number of likely N-dealkylation sites (tertiary alicyclic amines) is 1. The van der Waals surface area contributed by atoms with Gasteiger partial charge in [-0.05, 0) is 18.8 Å². The van der Waals surface area contributed by atoms with Crippen molar-refractivity contribution < 1.29 is 14.2 Å². The molecule has 7 heteroatoms. The van der Waals surface area contributed by atoms with Gasteiger partial charge in [0.25, 0.3) is 0 Å². The minimum Gasteiger partial charge on any atom is -0.382 e. The van der Waals surface area contributed by atoms with Crippen LogP contribution < -0.4 is 5.32 Å². The highest BCUT2D eigenvalue weighted by Crippen LogP contribution is 2.22. The first-order valence-electron chi connectivity index (χ1n) is 9.05. The van der Waals surface area contributed by atoms with E-state index in [-0.39, 0.29) is 35.5 Å². The Kier molecular flexibility index (Phi) is 13.0. The minimum absolute atomic E-state index is 0. The number of halogens is 1. The van der Waals surface area contributed by atoms with Crippen LogP contribution in [0.2, 0.25) is 0 Å². The van der Waals surface area contributed by atoms with E-state index < -0.39 is 0 Å². The van der Waals surface area contributed by atoms with Gasteiger partial charge in [-0.2, -0.15) is 0 Å². The van der Waals surface area contributed by atoms with Crippen LogP contribution in [-0.4, -0.2) is 77.2 Å². The van der Waals surface area contributed by atoms with Crippen molar-refractivity contribution in [2.75, 3.05) is 60.2 Å². The molecular formula is C18H38IN3O3. The van der Waals surface area contributed by atoms with Crippen LogP contribution in [0.3, 0.4) is 0 Å². The summed E-state index contributed by atoms with van der Waals surface area (Å²) in [6.07, 6.45) is 1.26. The van der Waals surface area contributed by atoms with E-state index in [0.29, 0.717) is 25.7 Å². The van der Waals surface area contributed by atoms with Gasteiger partial charge in [0.1, 0.15) is 0 Å². The lowest BCUT2D eigenvalue weighted by molar-refractivity contribution is 0.0239. The van der Waals surface area contributed by atoms with Crippen molar-refractivity contribution >= 4 is 29.9 Å². The molecule has 1 aliphatic rings. The maximum atomic E-state index is 5.67. The number of guanidine groups is 1. The average Bonchev–Trinajstić information content (AvgIpc) is 2.98. The second kappa shape index (κ2) is 13.1. The Hall–Kier alpha value is -0.120. The number of hydrogen-bond donors (Lipinski definition) is 1. The topological polar surface area (TPSA) is 55.3 Å². The smallest absolute Gasteiger partial charge is 0.194 e. The predicted molar refractivity (Wildman–Crippen MR) is 114 cm³/mol. The van der Waals surface area contributed by atoms with Crippen LogP contribution >= 0.6 is 24.0 Å². The van der Waals surface area contributed by atoms with Crippen LogP contribution in [-0.2, 0) is 14.2 Å². The van der Waals surface area contributed by atoms with Gasteiger partial charge in [0.05, 0.1) is 32.5 Å². The lowest BCUT2D eigenvalue weighted by Gasteiger charge is -2.29. The van der Waals surface area contributed by atoms with Gasteiger partial charge in [0, 0.05) is 39.8 Å². The summed E-state index contributed by atoms with van der Waals surface area (Å²) in [6.45, 7) is 14.4. The lowest BCUT2D eigenvalue weighted by atomic mass is 9.89. The Bertz CT molecular complexity index is 375. The maximum absolute atomic E-state index is 5.67. The highest BCUT2D eigenvalue weighted by atomic mass is 127. The predicted octanol–water partition coefficient (Wildman–Crippen LogP) is 2.62. The maximum Gasteiger partial charge on any atom is 0.194 e. The first kappa shape index (κ1) is 24.9. The normalized spacial score (nSPS) is 19.7. The van der Waals surface area contributed by atoms with Gasteiger partial charge >= 0.3 is 0 Å². The molecule has 25 heavy (non-hydrogen) atoms. The number of nitrogens with one attached hydrogen (secondary N) is 1. The van der Waals surface area contributed by atoms with Crippen molar-refractivity contribution in [3.8, 4) is 0 Å². The van der Waals surface area contributed by atoms with Gasteiger partial charge in [-0.1, -0.05) is 20.8 Å². The molecule has 1 fully saturated rings. The van der Waals surface area contributed by atoms with E-state index in [1.54, 1.807) is 14.2 Å². The number of aliphatic imine (C=N–C) groups is 1. The highest BCUT2D eigenvalue weighted by molar-refractivity contribution is 14.0. The number of hydrogen-bond acceptors (Lipinski definition) is 4. The summed E-state index contributed by atoms with van der Waals surface area (Å²) in [5, 5.41) is 3.41. The van der Waals surface area contributed by atoms with Crippen molar-refractivity contribution in [1.82, 2.24) is 10.2 Å². The molecule has 0 aromatic rings. The Morgan fingerprint density at radius 3 is 2.56 bits per heavy atom. The number of methoxy groups -OCH3 is 2. The third-order valence-corrected chi connectivity index (χ3v) is 4.36. The quantitative estimate of drug-likeness (QED) is 0.243. The van der Waals surface area contributed by atoms with Crippen LogP contribution in [0.5, 0.6) is 0 Å². The van der Waals surface area contributed by atoms with Crippen LogP contribution in [0, 0.1) is 11.3 Å². The van der Waals surface area contributed by atoms with Gasteiger partial charge in [0.2, 0.25) is 0 Å². The third kappa shape index (κ3) is 9.40. The summed E-state index contributed by atoms with van der Waals surface area (Å²) in [7, 11) is 3.46. The van der Waals surface area contributed by atoms with Gasteiger partial charge in [-0.15, -0.1) is 24.0 Å². The summed E-state index contributed by atoms with van der Waals surface area (Å²) in [5.74, 6) is 1.55. The highest BCUT2D eigenvalue weighted by Gasteiger charge is 2.27. The molecule has 2 unspecified atom stereocenters. The zero-order valence-electron chi connectivity index (χ0n) is 16.8. The molecule has 1 aliphatic heterocycles. The molecule has 0 radical (unpaired) electrons. The monoisotopic (exact) mass is 471 g/mol. The van der Waals surface area contributed by atoms with Crippen molar-refractivity contribution in [1.29, 1.82) is 0 Å². The van der Waals surface area contributed by atoms with Gasteiger partial charge in [-0.3, -0.25) is 4.99 Å². The first-order chi connectivity index (χ1) is 11.4. The third-order valence-electron chi connectivity index (χ3n) is 4.36. The summed E-state index contributed by atoms with van der Waals surface area (Å²) in [4.78, 5) is 7.16. The molecule has 0 spiro atoms. The second-order valence-electron chi connectivity index (χ2n) is 7.45. The number of nitrogens with zero attached hydrogens (tertiary/aromatic N) is 2. The van der Waals surface area contributed by atoms with E-state index >= 15 is 0 Å². The molecule has 1 heterocycles. The van der Waals surface area contributed by atoms with E-state index in [1.807, 2.05) is 0 Å². The Morgan fingerprint density at radius 2 is 2.00 bits per heavy atom.